The van der Waals surface area contributed by atoms with Crippen LogP contribution in [-0.2, 0) is 11.2 Å². The van der Waals surface area contributed by atoms with Crippen molar-refractivity contribution in [1.29, 1.82) is 0 Å². The van der Waals surface area contributed by atoms with Crippen LogP contribution in [0.3, 0.4) is 0 Å². The number of aliphatic hydroxyl groups is 1. The van der Waals surface area contributed by atoms with Crippen LogP contribution >= 0.6 is 0 Å². The third-order valence-corrected chi connectivity index (χ3v) is 2.92. The Bertz CT molecular complexity index is 440. The van der Waals surface area contributed by atoms with E-state index in [2.05, 4.69) is 0 Å². The number of aliphatic hydroxyl groups excluding tert-OH is 1. The van der Waals surface area contributed by atoms with Crippen molar-refractivity contribution in [3.8, 4) is 0 Å². The maximum atomic E-state index is 10.6. The number of rotatable bonds is 1. The first-order valence-electron chi connectivity index (χ1n) is 5.38. The fraction of sp³-hybridized carbons (Fsp3) is 0.308. The number of benzene rings is 1. The van der Waals surface area contributed by atoms with Crippen LogP contribution in [0.5, 0.6) is 0 Å². The zero-order chi connectivity index (χ0) is 11.5. The molecule has 0 aliphatic heterocycles. The van der Waals surface area contributed by atoms with Crippen LogP contribution in [-0.4, -0.2) is 45.7 Å². The molecule has 1 aromatic rings. The summed E-state index contributed by atoms with van der Waals surface area (Å²) in [4.78, 5) is 10.6. The molecule has 2 rings (SSSR count). The second-order valence-electron chi connectivity index (χ2n) is 4.01. The fourth-order valence-corrected chi connectivity index (χ4v) is 2.16. The maximum absolute atomic E-state index is 10.6. The number of fused-ring (bicyclic) bond motifs is 1. The monoisotopic (exact) mass is 241 g/mol. The molecule has 0 saturated carbocycles. The van der Waals surface area contributed by atoms with E-state index >= 15 is 0 Å². The maximum Gasteiger partial charge on any atom is 0.328 e. The topological polar surface area (TPSA) is 57.5 Å². The van der Waals surface area contributed by atoms with Gasteiger partial charge in [-0.05, 0) is 36.0 Å². The van der Waals surface area contributed by atoms with Crippen molar-refractivity contribution < 1.29 is 15.0 Å². The first kappa shape index (κ1) is 14.5. The predicted octanol–water partition coefficient (Wildman–Crippen LogP) is 1.69. The first-order valence-corrected chi connectivity index (χ1v) is 5.38. The van der Waals surface area contributed by atoms with E-state index in [0.29, 0.717) is 12.0 Å². The molecular weight excluding hydrogens is 227 g/mol. The van der Waals surface area contributed by atoms with Crippen LogP contribution in [0.1, 0.15) is 30.1 Å². The van der Waals surface area contributed by atoms with Gasteiger partial charge < -0.3 is 10.2 Å². The van der Waals surface area contributed by atoms with Gasteiger partial charge in [-0.3, -0.25) is 0 Å². The zero-order valence-corrected chi connectivity index (χ0v) is 11.9. The fourth-order valence-electron chi connectivity index (χ4n) is 2.16. The molecule has 17 heavy (non-hydrogen) atoms. The van der Waals surface area contributed by atoms with Crippen molar-refractivity contribution in [2.45, 2.75) is 25.4 Å². The van der Waals surface area contributed by atoms with Crippen LogP contribution in [0, 0.1) is 0 Å². The summed E-state index contributed by atoms with van der Waals surface area (Å²) < 4.78 is 0. The quantitative estimate of drug-likeness (QED) is 0.447. The molecule has 1 unspecified atom stereocenters. The summed E-state index contributed by atoms with van der Waals surface area (Å²) in [5.41, 5.74) is 2.55. The molecule has 3 nitrogen and oxygen atoms in total. The van der Waals surface area contributed by atoms with E-state index in [1.165, 1.54) is 0 Å². The molecule has 0 spiro atoms. The summed E-state index contributed by atoms with van der Waals surface area (Å²) in [5, 5.41) is 18.9. The predicted molar refractivity (Wildman–Crippen MR) is 65.8 cm³/mol. The van der Waals surface area contributed by atoms with E-state index in [9.17, 15) is 9.90 Å². The summed E-state index contributed by atoms with van der Waals surface area (Å²) in [5.74, 6) is -0.992. The standard InChI is InChI=1S/C13H14O3.Na/c14-12(15)8-10-6-3-5-9-4-1-2-7-11(9)13(10)16;/h1-2,4,7-8,13,16H,3,5-6H2,(H,14,15);/b10-8+;. The Morgan fingerprint density at radius 3 is 2.71 bits per heavy atom. The van der Waals surface area contributed by atoms with Crippen LogP contribution in [0.15, 0.2) is 35.9 Å². The number of aliphatic carboxylic acids is 1. The third-order valence-electron chi connectivity index (χ3n) is 2.92. The molecule has 0 amide bonds. The Balaban J connectivity index is 0.00000144. The van der Waals surface area contributed by atoms with Gasteiger partial charge >= 0.3 is 5.97 Å². The van der Waals surface area contributed by atoms with Crippen LogP contribution in [0.2, 0.25) is 0 Å². The van der Waals surface area contributed by atoms with Gasteiger partial charge in [0, 0.05) is 35.6 Å². The van der Waals surface area contributed by atoms with Crippen LogP contribution in [0.4, 0.5) is 0 Å². The normalized spacial score (nSPS) is 21.2. The Morgan fingerprint density at radius 1 is 1.29 bits per heavy atom. The molecule has 1 aliphatic rings. The first-order chi connectivity index (χ1) is 7.68. The molecule has 0 saturated heterocycles. The number of aryl methyl sites for hydroxylation is 1. The number of carboxylic acids is 1. The van der Waals surface area contributed by atoms with Gasteiger partial charge in [0.15, 0.2) is 0 Å². The Hall–Kier alpha value is -0.610. The smallest absolute Gasteiger partial charge is 0.328 e. The molecule has 1 atom stereocenters. The zero-order valence-electron chi connectivity index (χ0n) is 9.89. The third kappa shape index (κ3) is 3.42. The molecule has 0 fully saturated rings. The second-order valence-corrected chi connectivity index (χ2v) is 4.01. The van der Waals surface area contributed by atoms with Gasteiger partial charge in [-0.1, -0.05) is 24.3 Å². The Labute approximate surface area is 122 Å². The van der Waals surface area contributed by atoms with Crippen molar-refractivity contribution in [2.75, 3.05) is 0 Å². The van der Waals surface area contributed by atoms with Gasteiger partial charge in [-0.2, -0.15) is 0 Å². The Kier molecular flexibility index (Phi) is 5.40. The largest absolute Gasteiger partial charge is 0.478 e. The van der Waals surface area contributed by atoms with Crippen molar-refractivity contribution in [2.24, 2.45) is 0 Å². The molecule has 85 valence electrons. The molecule has 1 radical (unpaired) electrons. The van der Waals surface area contributed by atoms with E-state index in [4.69, 9.17) is 5.11 Å². The van der Waals surface area contributed by atoms with E-state index < -0.39 is 12.1 Å². The van der Waals surface area contributed by atoms with Crippen LogP contribution < -0.4 is 0 Å². The number of carbonyl (C=O) groups is 1. The van der Waals surface area contributed by atoms with Gasteiger partial charge in [0.2, 0.25) is 0 Å². The average Bonchev–Trinajstić information content (AvgIpc) is 2.40. The van der Waals surface area contributed by atoms with Crippen LogP contribution in [0.25, 0.3) is 0 Å². The number of hydrogen-bond donors (Lipinski definition) is 2. The molecular formula is C13H14NaO3. The van der Waals surface area contributed by atoms with Crippen molar-refractivity contribution in [1.82, 2.24) is 0 Å². The minimum Gasteiger partial charge on any atom is -0.478 e. The molecule has 4 heteroatoms. The molecule has 0 bridgehead atoms. The van der Waals surface area contributed by atoms with Crippen molar-refractivity contribution >= 4 is 35.5 Å². The SMILES string of the molecule is O=C(O)/C=C1\CCCc2ccccc2C1O.[Na]. The second kappa shape index (κ2) is 6.36. The molecule has 2 N–H and O–H groups in total. The minimum atomic E-state index is -0.992. The summed E-state index contributed by atoms with van der Waals surface area (Å²) in [6.45, 7) is 0. The molecule has 0 heterocycles. The van der Waals surface area contributed by atoms with Gasteiger partial charge in [-0.15, -0.1) is 0 Å². The summed E-state index contributed by atoms with van der Waals surface area (Å²) in [6.07, 6.45) is 2.78. The van der Waals surface area contributed by atoms with E-state index in [1.807, 2.05) is 24.3 Å². The van der Waals surface area contributed by atoms with Gasteiger partial charge in [0.1, 0.15) is 6.10 Å². The number of hydrogen-bond acceptors (Lipinski definition) is 2. The van der Waals surface area contributed by atoms with Gasteiger partial charge in [0.25, 0.3) is 0 Å². The van der Waals surface area contributed by atoms with Crippen molar-refractivity contribution in [3.05, 3.63) is 47.0 Å². The van der Waals surface area contributed by atoms with Crippen molar-refractivity contribution in [3.63, 3.8) is 0 Å². The number of carboxylic acid groups (broad SMARTS) is 1. The molecule has 0 aromatic heterocycles. The van der Waals surface area contributed by atoms with Gasteiger partial charge in [-0.25, -0.2) is 4.79 Å². The van der Waals surface area contributed by atoms with E-state index in [-0.39, 0.29) is 29.6 Å². The average molecular weight is 241 g/mol. The summed E-state index contributed by atoms with van der Waals surface area (Å²) >= 11 is 0. The summed E-state index contributed by atoms with van der Waals surface area (Å²) in [6, 6.07) is 7.66. The van der Waals surface area contributed by atoms with Gasteiger partial charge in [0.05, 0.1) is 0 Å². The molecule has 1 aliphatic carbocycles. The summed E-state index contributed by atoms with van der Waals surface area (Å²) in [7, 11) is 0. The minimum absolute atomic E-state index is 0. The van der Waals surface area contributed by atoms with E-state index in [0.717, 1.165) is 30.0 Å². The van der Waals surface area contributed by atoms with E-state index in [1.54, 1.807) is 0 Å². The molecule has 1 aromatic carbocycles. The Morgan fingerprint density at radius 2 is 2.00 bits per heavy atom.